The highest BCUT2D eigenvalue weighted by Crippen LogP contribution is 2.19. The van der Waals surface area contributed by atoms with Gasteiger partial charge in [-0.1, -0.05) is 6.92 Å². The van der Waals surface area contributed by atoms with E-state index in [0.29, 0.717) is 32.7 Å². The number of carbonyl (C=O) groups excluding carboxylic acids is 1. The number of nitrogens with zero attached hydrogens (tertiary/aromatic N) is 1. The zero-order valence-corrected chi connectivity index (χ0v) is 11.6. The maximum atomic E-state index is 12.0. The molecule has 0 N–H and O–H groups in total. The molecule has 1 saturated heterocycles. The van der Waals surface area contributed by atoms with Crippen LogP contribution in [0.15, 0.2) is 0 Å². The second-order valence-electron chi connectivity index (χ2n) is 4.11. The van der Waals surface area contributed by atoms with E-state index >= 15 is 0 Å². The molecule has 0 aromatic heterocycles. The third-order valence-corrected chi connectivity index (χ3v) is 3.41. The van der Waals surface area contributed by atoms with Crippen molar-refractivity contribution < 1.29 is 14.3 Å². The summed E-state index contributed by atoms with van der Waals surface area (Å²) in [7, 11) is 0. The predicted molar refractivity (Wildman–Crippen MR) is 67.3 cm³/mol. The van der Waals surface area contributed by atoms with Gasteiger partial charge in [-0.25, -0.2) is 0 Å². The van der Waals surface area contributed by atoms with Gasteiger partial charge in [0, 0.05) is 26.3 Å². The number of rotatable bonds is 6. The molecule has 0 aromatic rings. The van der Waals surface area contributed by atoms with Crippen LogP contribution in [0.5, 0.6) is 0 Å². The van der Waals surface area contributed by atoms with Gasteiger partial charge in [0.25, 0.3) is 0 Å². The van der Waals surface area contributed by atoms with E-state index in [4.69, 9.17) is 21.1 Å². The maximum absolute atomic E-state index is 12.0. The van der Waals surface area contributed by atoms with Crippen LogP contribution in [0.25, 0.3) is 0 Å². The van der Waals surface area contributed by atoms with Crippen molar-refractivity contribution in [3.8, 4) is 0 Å². The summed E-state index contributed by atoms with van der Waals surface area (Å²) in [6, 6.07) is 0. The monoisotopic (exact) mass is 263 g/mol. The van der Waals surface area contributed by atoms with Crippen LogP contribution in [-0.4, -0.2) is 54.7 Å². The Kier molecular flexibility index (Phi) is 6.23. The molecule has 5 heteroatoms. The lowest BCUT2D eigenvalue weighted by atomic mass is 10.2. The highest BCUT2D eigenvalue weighted by Gasteiger charge is 2.37. The molecule has 0 spiro atoms. The topological polar surface area (TPSA) is 38.8 Å². The second-order valence-corrected chi connectivity index (χ2v) is 4.63. The second kappa shape index (κ2) is 7.19. The first-order valence-corrected chi connectivity index (χ1v) is 6.73. The van der Waals surface area contributed by atoms with Crippen LogP contribution in [-0.2, 0) is 14.3 Å². The highest BCUT2D eigenvalue weighted by atomic mass is 35.5. The molecule has 0 unspecified atom stereocenters. The van der Waals surface area contributed by atoms with Gasteiger partial charge in [0.1, 0.15) is 17.6 Å². The SMILES string of the molecule is CCO[C@H]1CN(C(=O)[C@@H](Cl)CC)C[C@H]1OCC. The van der Waals surface area contributed by atoms with Crippen LogP contribution in [0.3, 0.4) is 0 Å². The summed E-state index contributed by atoms with van der Waals surface area (Å²) < 4.78 is 11.2. The van der Waals surface area contributed by atoms with E-state index in [0.717, 1.165) is 0 Å². The number of hydrogen-bond acceptors (Lipinski definition) is 3. The maximum Gasteiger partial charge on any atom is 0.240 e. The smallest absolute Gasteiger partial charge is 0.240 e. The Balaban J connectivity index is 2.58. The molecule has 1 aliphatic heterocycles. The van der Waals surface area contributed by atoms with Gasteiger partial charge in [-0.15, -0.1) is 11.6 Å². The van der Waals surface area contributed by atoms with Crippen LogP contribution < -0.4 is 0 Å². The van der Waals surface area contributed by atoms with Crippen LogP contribution in [0, 0.1) is 0 Å². The lowest BCUT2D eigenvalue weighted by Gasteiger charge is -2.18. The van der Waals surface area contributed by atoms with E-state index in [1.807, 2.05) is 20.8 Å². The first-order chi connectivity index (χ1) is 8.13. The summed E-state index contributed by atoms with van der Waals surface area (Å²) in [6.45, 7) is 8.24. The molecule has 0 saturated carbocycles. The molecular formula is C12H22ClNO3. The lowest BCUT2D eigenvalue weighted by molar-refractivity contribution is -0.130. The van der Waals surface area contributed by atoms with Crippen molar-refractivity contribution >= 4 is 17.5 Å². The Morgan fingerprint density at radius 1 is 1.24 bits per heavy atom. The summed E-state index contributed by atoms with van der Waals surface area (Å²) in [5.74, 6) is -0.0129. The quantitative estimate of drug-likeness (QED) is 0.684. The molecule has 3 atom stereocenters. The third kappa shape index (κ3) is 3.83. The minimum Gasteiger partial charge on any atom is -0.374 e. The summed E-state index contributed by atoms with van der Waals surface area (Å²) in [6.07, 6.45) is 0.601. The van der Waals surface area contributed by atoms with Gasteiger partial charge >= 0.3 is 0 Å². The molecule has 1 heterocycles. The fourth-order valence-electron chi connectivity index (χ4n) is 2.04. The first kappa shape index (κ1) is 14.7. The average molecular weight is 264 g/mol. The van der Waals surface area contributed by atoms with Gasteiger partial charge < -0.3 is 14.4 Å². The number of alkyl halides is 1. The largest absolute Gasteiger partial charge is 0.374 e. The van der Waals surface area contributed by atoms with Crippen molar-refractivity contribution in [3.05, 3.63) is 0 Å². The number of amides is 1. The van der Waals surface area contributed by atoms with Crippen molar-refractivity contribution in [3.63, 3.8) is 0 Å². The Morgan fingerprint density at radius 2 is 1.71 bits per heavy atom. The van der Waals surface area contributed by atoms with Gasteiger partial charge in [0.2, 0.25) is 5.91 Å². The molecule has 0 aromatic carbocycles. The Morgan fingerprint density at radius 3 is 2.06 bits per heavy atom. The number of likely N-dealkylation sites (tertiary alicyclic amines) is 1. The molecule has 1 rings (SSSR count). The van der Waals surface area contributed by atoms with E-state index in [1.165, 1.54) is 0 Å². The molecule has 100 valence electrons. The Labute approximate surface area is 108 Å². The predicted octanol–water partition coefficient (Wildman–Crippen LogP) is 1.66. The molecule has 0 bridgehead atoms. The Bertz CT molecular complexity index is 236. The zero-order chi connectivity index (χ0) is 12.8. The number of hydrogen-bond donors (Lipinski definition) is 0. The van der Waals surface area contributed by atoms with E-state index < -0.39 is 5.38 Å². The number of carbonyl (C=O) groups is 1. The number of halogens is 1. The summed E-state index contributed by atoms with van der Waals surface area (Å²) in [4.78, 5) is 13.7. The summed E-state index contributed by atoms with van der Waals surface area (Å²) >= 11 is 5.97. The van der Waals surface area contributed by atoms with Crippen molar-refractivity contribution in [1.29, 1.82) is 0 Å². The van der Waals surface area contributed by atoms with Crippen molar-refractivity contribution in [2.45, 2.75) is 44.8 Å². The van der Waals surface area contributed by atoms with Gasteiger partial charge in [0.15, 0.2) is 0 Å². The molecule has 0 aliphatic carbocycles. The summed E-state index contributed by atoms with van der Waals surface area (Å²) in [5.41, 5.74) is 0. The minimum atomic E-state index is -0.433. The zero-order valence-electron chi connectivity index (χ0n) is 10.8. The number of ether oxygens (including phenoxy) is 2. The first-order valence-electron chi connectivity index (χ1n) is 6.30. The van der Waals surface area contributed by atoms with E-state index in [9.17, 15) is 4.79 Å². The van der Waals surface area contributed by atoms with Crippen molar-refractivity contribution in [2.24, 2.45) is 0 Å². The highest BCUT2D eigenvalue weighted by molar-refractivity contribution is 6.30. The third-order valence-electron chi connectivity index (χ3n) is 2.91. The van der Waals surface area contributed by atoms with Crippen LogP contribution >= 0.6 is 11.6 Å². The summed E-state index contributed by atoms with van der Waals surface area (Å²) in [5, 5.41) is -0.433. The van der Waals surface area contributed by atoms with Gasteiger partial charge in [-0.2, -0.15) is 0 Å². The lowest BCUT2D eigenvalue weighted by Crippen LogP contribution is -2.35. The molecule has 4 nitrogen and oxygen atoms in total. The van der Waals surface area contributed by atoms with Crippen molar-refractivity contribution in [1.82, 2.24) is 4.90 Å². The molecule has 1 fully saturated rings. The fraction of sp³-hybridized carbons (Fsp3) is 0.917. The van der Waals surface area contributed by atoms with Crippen LogP contribution in [0.2, 0.25) is 0 Å². The average Bonchev–Trinajstić information content (AvgIpc) is 2.72. The normalized spacial score (nSPS) is 26.2. The van der Waals surface area contributed by atoms with Gasteiger partial charge in [-0.3, -0.25) is 4.79 Å². The van der Waals surface area contributed by atoms with E-state index in [2.05, 4.69) is 0 Å². The fourth-order valence-corrected chi connectivity index (χ4v) is 2.18. The molecule has 0 radical (unpaired) electrons. The molecule has 1 amide bonds. The van der Waals surface area contributed by atoms with E-state index in [-0.39, 0.29) is 18.1 Å². The van der Waals surface area contributed by atoms with Gasteiger partial charge in [-0.05, 0) is 20.3 Å². The molecule has 1 aliphatic rings. The van der Waals surface area contributed by atoms with E-state index in [1.54, 1.807) is 4.90 Å². The van der Waals surface area contributed by atoms with Crippen LogP contribution in [0.4, 0.5) is 0 Å². The minimum absolute atomic E-state index is 0.0129. The molecule has 17 heavy (non-hydrogen) atoms. The standard InChI is InChI=1S/C12H22ClNO3/c1-4-9(13)12(15)14-7-10(16-5-2)11(8-14)17-6-3/h9-11H,4-8H2,1-3H3/t9-,10-,11+/m0/s1. The van der Waals surface area contributed by atoms with Crippen molar-refractivity contribution in [2.75, 3.05) is 26.3 Å². The molecular weight excluding hydrogens is 242 g/mol. The Hall–Kier alpha value is -0.320. The van der Waals surface area contributed by atoms with Gasteiger partial charge in [0.05, 0.1) is 0 Å². The van der Waals surface area contributed by atoms with Crippen LogP contribution in [0.1, 0.15) is 27.2 Å².